The first-order chi connectivity index (χ1) is 15.2. The predicted octanol–water partition coefficient (Wildman–Crippen LogP) is 4.12. The highest BCUT2D eigenvalue weighted by molar-refractivity contribution is 7.84. The van der Waals surface area contributed by atoms with Crippen LogP contribution >= 0.6 is 0 Å². The standard InChI is InChI=1S/C20H20F3N3O5S/c1-3-29-19(27)31-12-26-16-7-5-4-6-14(16)25-18(26)32(28)10-15-13(2)17(8-9-24-15)30-11-20(21,22)23/h4-9H,3,10-12H2,1-2H3/t32-/m1/s1. The highest BCUT2D eigenvalue weighted by Gasteiger charge is 2.29. The van der Waals surface area contributed by atoms with Gasteiger partial charge in [0.25, 0.3) is 0 Å². The molecule has 172 valence electrons. The maximum atomic E-state index is 13.2. The number of carbonyl (C=O) groups is 1. The van der Waals surface area contributed by atoms with Gasteiger partial charge >= 0.3 is 12.3 Å². The SMILES string of the molecule is CCOC(=O)OCn1c([S@](=O)Cc2nccc(OCC(F)(F)F)c2C)nc2ccccc21. The molecule has 0 saturated carbocycles. The lowest BCUT2D eigenvalue weighted by molar-refractivity contribution is -0.153. The Kier molecular flexibility index (Phi) is 7.33. The number of benzene rings is 1. The van der Waals surface area contributed by atoms with Gasteiger partial charge in [0.2, 0.25) is 5.16 Å². The summed E-state index contributed by atoms with van der Waals surface area (Å²) in [5.74, 6) is -0.124. The Morgan fingerprint density at radius 3 is 2.66 bits per heavy atom. The molecule has 2 aromatic heterocycles. The van der Waals surface area contributed by atoms with E-state index in [1.54, 1.807) is 31.2 Å². The van der Waals surface area contributed by atoms with Crippen molar-refractivity contribution >= 4 is 28.0 Å². The number of para-hydroxylation sites is 2. The largest absolute Gasteiger partial charge is 0.510 e. The third-order valence-electron chi connectivity index (χ3n) is 4.31. The fourth-order valence-corrected chi connectivity index (χ4v) is 4.10. The van der Waals surface area contributed by atoms with E-state index in [0.29, 0.717) is 22.3 Å². The average Bonchev–Trinajstić information content (AvgIpc) is 3.11. The Bertz CT molecular complexity index is 1130. The van der Waals surface area contributed by atoms with Crippen LogP contribution < -0.4 is 4.74 Å². The highest BCUT2D eigenvalue weighted by Crippen LogP contribution is 2.26. The lowest BCUT2D eigenvalue weighted by Gasteiger charge is -2.13. The van der Waals surface area contributed by atoms with E-state index < -0.39 is 29.7 Å². The number of nitrogens with zero attached hydrogens (tertiary/aromatic N) is 3. The van der Waals surface area contributed by atoms with Crippen LogP contribution in [0.1, 0.15) is 18.2 Å². The van der Waals surface area contributed by atoms with Crippen LogP contribution in [0.2, 0.25) is 0 Å². The Labute approximate surface area is 183 Å². The van der Waals surface area contributed by atoms with Crippen LogP contribution in [0.3, 0.4) is 0 Å². The molecule has 0 aliphatic heterocycles. The molecule has 3 rings (SSSR count). The molecule has 0 aliphatic rings. The van der Waals surface area contributed by atoms with Crippen molar-refractivity contribution < 1.29 is 36.4 Å². The van der Waals surface area contributed by atoms with Crippen LogP contribution in [0, 0.1) is 6.92 Å². The Morgan fingerprint density at radius 2 is 1.94 bits per heavy atom. The second kappa shape index (κ2) is 9.98. The van der Waals surface area contributed by atoms with Gasteiger partial charge in [0.15, 0.2) is 13.3 Å². The Hall–Kier alpha value is -3.15. The van der Waals surface area contributed by atoms with Gasteiger partial charge < -0.3 is 14.2 Å². The summed E-state index contributed by atoms with van der Waals surface area (Å²) in [5.41, 5.74) is 1.77. The van der Waals surface area contributed by atoms with Crippen molar-refractivity contribution in [3.05, 3.63) is 47.8 Å². The molecule has 0 N–H and O–H groups in total. The first-order valence-corrected chi connectivity index (χ1v) is 10.8. The second-order valence-electron chi connectivity index (χ2n) is 6.54. The number of ether oxygens (including phenoxy) is 3. The molecule has 3 aromatic rings. The molecule has 0 aliphatic carbocycles. The zero-order valence-electron chi connectivity index (χ0n) is 17.2. The molecule has 0 bridgehead atoms. The summed E-state index contributed by atoms with van der Waals surface area (Å²) in [6, 6.07) is 8.27. The molecular weight excluding hydrogens is 451 g/mol. The first kappa shape index (κ1) is 23.5. The Balaban J connectivity index is 1.86. The smallest absolute Gasteiger partial charge is 0.484 e. The number of halogens is 3. The third-order valence-corrected chi connectivity index (χ3v) is 5.57. The number of carbonyl (C=O) groups excluding carboxylic acids is 1. The van der Waals surface area contributed by atoms with Crippen LogP contribution in [0.4, 0.5) is 18.0 Å². The number of fused-ring (bicyclic) bond motifs is 1. The molecule has 12 heteroatoms. The van der Waals surface area contributed by atoms with Gasteiger partial charge in [-0.15, -0.1) is 0 Å². The predicted molar refractivity (Wildman–Crippen MR) is 108 cm³/mol. The molecule has 1 atom stereocenters. The number of imidazole rings is 1. The Morgan fingerprint density at radius 1 is 1.19 bits per heavy atom. The van der Waals surface area contributed by atoms with Crippen molar-refractivity contribution in [1.82, 2.24) is 14.5 Å². The van der Waals surface area contributed by atoms with E-state index in [1.165, 1.54) is 23.8 Å². The summed E-state index contributed by atoms with van der Waals surface area (Å²) in [6.45, 7) is 1.59. The zero-order chi connectivity index (χ0) is 23.3. The number of rotatable bonds is 8. The number of hydrogen-bond acceptors (Lipinski definition) is 7. The molecule has 0 unspecified atom stereocenters. The van der Waals surface area contributed by atoms with Crippen molar-refractivity contribution in [2.75, 3.05) is 13.2 Å². The summed E-state index contributed by atoms with van der Waals surface area (Å²) in [4.78, 5) is 20.1. The number of hydrogen-bond donors (Lipinski definition) is 0. The van der Waals surface area contributed by atoms with Gasteiger partial charge in [-0.2, -0.15) is 13.2 Å². The van der Waals surface area contributed by atoms with Crippen LogP contribution in [0.5, 0.6) is 5.75 Å². The van der Waals surface area contributed by atoms with E-state index in [9.17, 15) is 22.2 Å². The lowest BCUT2D eigenvalue weighted by Crippen LogP contribution is -2.20. The van der Waals surface area contributed by atoms with Gasteiger partial charge in [0.1, 0.15) is 5.75 Å². The van der Waals surface area contributed by atoms with Gasteiger partial charge in [-0.25, -0.2) is 9.78 Å². The highest BCUT2D eigenvalue weighted by atomic mass is 32.2. The van der Waals surface area contributed by atoms with Crippen LogP contribution in [-0.2, 0) is 32.8 Å². The van der Waals surface area contributed by atoms with Gasteiger partial charge in [-0.1, -0.05) is 12.1 Å². The third kappa shape index (κ3) is 5.75. The van der Waals surface area contributed by atoms with E-state index in [-0.39, 0.29) is 30.0 Å². The molecule has 0 spiro atoms. The first-order valence-electron chi connectivity index (χ1n) is 9.46. The van der Waals surface area contributed by atoms with Gasteiger partial charge in [0.05, 0.1) is 39.9 Å². The average molecular weight is 471 g/mol. The van der Waals surface area contributed by atoms with Gasteiger partial charge in [0, 0.05) is 11.8 Å². The minimum absolute atomic E-state index is 0.00322. The fourth-order valence-electron chi connectivity index (χ4n) is 2.84. The molecule has 1 aromatic carbocycles. The van der Waals surface area contributed by atoms with E-state index in [4.69, 9.17) is 14.2 Å². The van der Waals surface area contributed by atoms with E-state index in [2.05, 4.69) is 9.97 Å². The van der Waals surface area contributed by atoms with E-state index in [1.807, 2.05) is 0 Å². The van der Waals surface area contributed by atoms with Gasteiger partial charge in [-0.3, -0.25) is 13.8 Å². The van der Waals surface area contributed by atoms with Crippen molar-refractivity contribution in [3.63, 3.8) is 0 Å². The number of aromatic nitrogens is 3. The molecule has 0 fully saturated rings. The van der Waals surface area contributed by atoms with Gasteiger partial charge in [-0.05, 0) is 32.0 Å². The molecule has 0 radical (unpaired) electrons. The van der Waals surface area contributed by atoms with Crippen molar-refractivity contribution in [3.8, 4) is 5.75 Å². The quantitative estimate of drug-likeness (QED) is 0.456. The second-order valence-corrected chi connectivity index (χ2v) is 7.89. The summed E-state index contributed by atoms with van der Waals surface area (Å²) in [6.07, 6.45) is -4.07. The number of pyridine rings is 1. The molecule has 2 heterocycles. The monoisotopic (exact) mass is 471 g/mol. The summed E-state index contributed by atoms with van der Waals surface area (Å²) in [5, 5.41) is 0.123. The van der Waals surface area contributed by atoms with Crippen LogP contribution in [0.15, 0.2) is 41.7 Å². The lowest BCUT2D eigenvalue weighted by atomic mass is 10.2. The maximum absolute atomic E-state index is 13.2. The van der Waals surface area contributed by atoms with Crippen molar-refractivity contribution in [2.24, 2.45) is 0 Å². The van der Waals surface area contributed by atoms with E-state index in [0.717, 1.165) is 0 Å². The summed E-state index contributed by atoms with van der Waals surface area (Å²) < 4.78 is 66.7. The minimum atomic E-state index is -4.48. The zero-order valence-corrected chi connectivity index (χ0v) is 18.0. The minimum Gasteiger partial charge on any atom is -0.484 e. The molecule has 0 amide bonds. The van der Waals surface area contributed by atoms with Crippen LogP contribution in [0.25, 0.3) is 11.0 Å². The van der Waals surface area contributed by atoms with Crippen molar-refractivity contribution in [2.45, 2.75) is 37.7 Å². The topological polar surface area (TPSA) is 92.5 Å². The van der Waals surface area contributed by atoms with Crippen molar-refractivity contribution in [1.29, 1.82) is 0 Å². The molecular formula is C20H20F3N3O5S. The van der Waals surface area contributed by atoms with E-state index >= 15 is 0 Å². The maximum Gasteiger partial charge on any atom is 0.510 e. The summed E-state index contributed by atoms with van der Waals surface area (Å²) >= 11 is 0. The fraction of sp³-hybridized carbons (Fsp3) is 0.350. The molecule has 0 saturated heterocycles. The normalized spacial score (nSPS) is 12.5. The molecule has 8 nitrogen and oxygen atoms in total. The number of alkyl halides is 3. The molecule has 32 heavy (non-hydrogen) atoms. The summed E-state index contributed by atoms with van der Waals surface area (Å²) in [7, 11) is -1.76. The van der Waals surface area contributed by atoms with Crippen LogP contribution in [-0.4, -0.2) is 44.3 Å².